The Morgan fingerprint density at radius 3 is 2.81 bits per heavy atom. The lowest BCUT2D eigenvalue weighted by molar-refractivity contribution is 0.0600. The molecule has 0 aromatic carbocycles. The van der Waals surface area contributed by atoms with E-state index >= 15 is 0 Å². The number of esters is 1. The Hall–Kier alpha value is -1.23. The number of hydrogen-bond donors (Lipinski definition) is 0. The molecule has 4 nitrogen and oxygen atoms in total. The highest BCUT2D eigenvalue weighted by molar-refractivity contribution is 8.00. The highest BCUT2D eigenvalue weighted by Gasteiger charge is 2.30. The summed E-state index contributed by atoms with van der Waals surface area (Å²) in [5.74, 6) is -0.467. The standard InChI is InChI=1S/C11H13NO3S/c1-11(2)6-12-8(13)4-7(10(14)15-3)5-9(12)16-11/h4-5H,6H2,1-3H3. The van der Waals surface area contributed by atoms with Gasteiger partial charge in [-0.1, -0.05) is 0 Å². The van der Waals surface area contributed by atoms with E-state index in [4.69, 9.17) is 0 Å². The van der Waals surface area contributed by atoms with Gasteiger partial charge >= 0.3 is 5.97 Å². The zero-order valence-corrected chi connectivity index (χ0v) is 10.3. The third-order valence-corrected chi connectivity index (χ3v) is 3.66. The first-order chi connectivity index (χ1) is 7.43. The lowest BCUT2D eigenvalue weighted by atomic mass is 10.2. The second-order valence-corrected chi connectivity index (χ2v) is 6.09. The molecule has 2 rings (SSSR count). The minimum Gasteiger partial charge on any atom is -0.465 e. The Kier molecular flexibility index (Phi) is 2.58. The van der Waals surface area contributed by atoms with Gasteiger partial charge in [-0.2, -0.15) is 0 Å². The summed E-state index contributed by atoms with van der Waals surface area (Å²) >= 11 is 1.60. The lowest BCUT2D eigenvalue weighted by Gasteiger charge is -2.12. The van der Waals surface area contributed by atoms with E-state index in [0.717, 1.165) is 5.03 Å². The van der Waals surface area contributed by atoms with Crippen molar-refractivity contribution < 1.29 is 9.53 Å². The van der Waals surface area contributed by atoms with Gasteiger partial charge in [-0.25, -0.2) is 4.79 Å². The van der Waals surface area contributed by atoms with Gasteiger partial charge in [0, 0.05) is 17.4 Å². The molecule has 0 atom stereocenters. The zero-order valence-electron chi connectivity index (χ0n) is 9.44. The normalized spacial score (nSPS) is 16.9. The zero-order chi connectivity index (χ0) is 11.9. The van der Waals surface area contributed by atoms with Crippen LogP contribution >= 0.6 is 11.8 Å². The second kappa shape index (κ2) is 3.66. The first-order valence-electron chi connectivity index (χ1n) is 4.95. The fraction of sp³-hybridized carbons (Fsp3) is 0.455. The fourth-order valence-electron chi connectivity index (χ4n) is 1.74. The van der Waals surface area contributed by atoms with Crippen LogP contribution < -0.4 is 5.56 Å². The van der Waals surface area contributed by atoms with E-state index in [-0.39, 0.29) is 10.3 Å². The molecule has 1 aromatic rings. The highest BCUT2D eigenvalue weighted by atomic mass is 32.2. The molecule has 2 heterocycles. The molecule has 0 fully saturated rings. The van der Waals surface area contributed by atoms with Gasteiger partial charge in [-0.3, -0.25) is 4.79 Å². The Bertz CT molecular complexity index is 504. The van der Waals surface area contributed by atoms with Crippen LogP contribution in [0.5, 0.6) is 0 Å². The number of carbonyl (C=O) groups excluding carboxylic acids is 1. The van der Waals surface area contributed by atoms with E-state index in [2.05, 4.69) is 18.6 Å². The van der Waals surface area contributed by atoms with Gasteiger partial charge in [0.15, 0.2) is 0 Å². The van der Waals surface area contributed by atoms with Crippen molar-refractivity contribution in [3.8, 4) is 0 Å². The van der Waals surface area contributed by atoms with E-state index in [1.54, 1.807) is 22.4 Å². The molecule has 1 aromatic heterocycles. The van der Waals surface area contributed by atoms with Crippen molar-refractivity contribution in [3.05, 3.63) is 28.0 Å². The summed E-state index contributed by atoms with van der Waals surface area (Å²) in [6.07, 6.45) is 0. The lowest BCUT2D eigenvalue weighted by Crippen LogP contribution is -2.24. The molecule has 0 aliphatic carbocycles. The van der Waals surface area contributed by atoms with Crippen LogP contribution in [-0.2, 0) is 11.3 Å². The molecule has 0 spiro atoms. The SMILES string of the molecule is COC(=O)c1cc2n(c(=O)c1)CC(C)(C)S2. The van der Waals surface area contributed by atoms with Gasteiger partial charge in [-0.15, -0.1) is 11.8 Å². The Labute approximate surface area is 97.6 Å². The molecule has 0 N–H and O–H groups in total. The van der Waals surface area contributed by atoms with Crippen molar-refractivity contribution in [2.75, 3.05) is 7.11 Å². The minimum absolute atomic E-state index is 0.000896. The van der Waals surface area contributed by atoms with Crippen molar-refractivity contribution in [2.24, 2.45) is 0 Å². The molecule has 86 valence electrons. The Balaban J connectivity index is 2.50. The number of pyridine rings is 1. The van der Waals surface area contributed by atoms with Gasteiger partial charge in [-0.05, 0) is 19.9 Å². The molecule has 0 amide bonds. The third-order valence-electron chi connectivity index (χ3n) is 2.43. The van der Waals surface area contributed by atoms with Gasteiger partial charge in [0.05, 0.1) is 17.7 Å². The van der Waals surface area contributed by atoms with Gasteiger partial charge in [0.1, 0.15) is 0 Å². The molecule has 5 heteroatoms. The number of rotatable bonds is 1. The van der Waals surface area contributed by atoms with Crippen LogP contribution in [0.15, 0.2) is 22.0 Å². The number of fused-ring (bicyclic) bond motifs is 1. The number of ether oxygens (including phenoxy) is 1. The topological polar surface area (TPSA) is 48.3 Å². The third kappa shape index (κ3) is 1.87. The largest absolute Gasteiger partial charge is 0.465 e. The van der Waals surface area contributed by atoms with E-state index in [1.807, 2.05) is 0 Å². The summed E-state index contributed by atoms with van der Waals surface area (Å²) in [4.78, 5) is 23.1. The number of nitrogens with zero attached hydrogens (tertiary/aromatic N) is 1. The van der Waals surface area contributed by atoms with E-state index < -0.39 is 5.97 Å². The summed E-state index contributed by atoms with van der Waals surface area (Å²) in [7, 11) is 1.31. The molecule has 0 bridgehead atoms. The van der Waals surface area contributed by atoms with Crippen LogP contribution in [0.1, 0.15) is 24.2 Å². The number of methoxy groups -OCH3 is 1. The monoisotopic (exact) mass is 239 g/mol. The average molecular weight is 239 g/mol. The molecule has 0 saturated carbocycles. The van der Waals surface area contributed by atoms with Crippen molar-refractivity contribution >= 4 is 17.7 Å². The van der Waals surface area contributed by atoms with E-state index in [1.165, 1.54) is 13.2 Å². The van der Waals surface area contributed by atoms with E-state index in [0.29, 0.717) is 12.1 Å². The first kappa shape index (κ1) is 11.3. The van der Waals surface area contributed by atoms with Crippen molar-refractivity contribution in [2.45, 2.75) is 30.2 Å². The smallest absolute Gasteiger partial charge is 0.338 e. The molecule has 0 radical (unpaired) electrons. The summed E-state index contributed by atoms with van der Waals surface area (Å²) in [5.41, 5.74) is 0.180. The quantitative estimate of drug-likeness (QED) is 0.697. The minimum atomic E-state index is -0.467. The number of thioether (sulfide) groups is 1. The summed E-state index contributed by atoms with van der Waals surface area (Å²) < 4.78 is 6.30. The predicted molar refractivity (Wildman–Crippen MR) is 62.0 cm³/mol. The maximum Gasteiger partial charge on any atom is 0.338 e. The summed E-state index contributed by atoms with van der Waals surface area (Å²) in [6, 6.07) is 3.05. The van der Waals surface area contributed by atoms with Crippen LogP contribution in [0.25, 0.3) is 0 Å². The predicted octanol–water partition coefficient (Wildman–Crippen LogP) is 1.52. The van der Waals surface area contributed by atoms with Crippen LogP contribution in [0, 0.1) is 0 Å². The molecule has 0 saturated heterocycles. The average Bonchev–Trinajstić information content (AvgIpc) is 2.52. The molecule has 0 unspecified atom stereocenters. The molecule has 1 aliphatic rings. The number of hydrogen-bond acceptors (Lipinski definition) is 4. The van der Waals surface area contributed by atoms with Crippen LogP contribution in [-0.4, -0.2) is 22.4 Å². The highest BCUT2D eigenvalue weighted by Crippen LogP contribution is 2.39. The number of aromatic nitrogens is 1. The van der Waals surface area contributed by atoms with Crippen molar-refractivity contribution in [1.82, 2.24) is 4.57 Å². The van der Waals surface area contributed by atoms with Crippen LogP contribution in [0.4, 0.5) is 0 Å². The molecule has 16 heavy (non-hydrogen) atoms. The van der Waals surface area contributed by atoms with Crippen LogP contribution in [0.3, 0.4) is 0 Å². The first-order valence-corrected chi connectivity index (χ1v) is 5.77. The maximum absolute atomic E-state index is 11.8. The fourth-order valence-corrected chi connectivity index (χ4v) is 2.95. The summed E-state index contributed by atoms with van der Waals surface area (Å²) in [6.45, 7) is 4.82. The Morgan fingerprint density at radius 2 is 2.19 bits per heavy atom. The van der Waals surface area contributed by atoms with Crippen molar-refractivity contribution in [3.63, 3.8) is 0 Å². The summed E-state index contributed by atoms with van der Waals surface area (Å²) in [5, 5.41) is 0.831. The van der Waals surface area contributed by atoms with Crippen LogP contribution in [0.2, 0.25) is 0 Å². The maximum atomic E-state index is 11.8. The second-order valence-electron chi connectivity index (χ2n) is 4.36. The Morgan fingerprint density at radius 1 is 1.50 bits per heavy atom. The molecular formula is C11H13NO3S. The number of carbonyl (C=O) groups is 1. The van der Waals surface area contributed by atoms with E-state index in [9.17, 15) is 9.59 Å². The van der Waals surface area contributed by atoms with Gasteiger partial charge in [0.25, 0.3) is 5.56 Å². The van der Waals surface area contributed by atoms with Gasteiger partial charge < -0.3 is 9.30 Å². The molecule has 1 aliphatic heterocycles. The van der Waals surface area contributed by atoms with Crippen molar-refractivity contribution in [1.29, 1.82) is 0 Å². The van der Waals surface area contributed by atoms with Gasteiger partial charge in [0.2, 0.25) is 0 Å². The molecular weight excluding hydrogens is 226 g/mol.